The number of fused-ring (bicyclic) bond motifs is 2. The quantitative estimate of drug-likeness (QED) is 0.347. The van der Waals surface area contributed by atoms with Crippen LogP contribution in [0.15, 0.2) is 90.6 Å². The van der Waals surface area contributed by atoms with Gasteiger partial charge in [-0.25, -0.2) is 0 Å². The third-order valence-electron chi connectivity index (χ3n) is 5.37. The first kappa shape index (κ1) is 18.1. The molecule has 0 spiro atoms. The van der Waals surface area contributed by atoms with E-state index in [4.69, 9.17) is 4.74 Å². The van der Waals surface area contributed by atoms with Crippen molar-refractivity contribution >= 4 is 28.5 Å². The van der Waals surface area contributed by atoms with Crippen LogP contribution in [0.2, 0.25) is 0 Å². The lowest BCUT2D eigenvalue weighted by atomic mass is 10.1. The molecule has 4 heteroatoms. The molecule has 0 atom stereocenters. The number of aromatic nitrogens is 1. The molecule has 0 unspecified atom stereocenters. The van der Waals surface area contributed by atoms with Crippen LogP contribution in [-0.4, -0.2) is 22.7 Å². The van der Waals surface area contributed by atoms with E-state index >= 15 is 0 Å². The molecular formula is C26H19NO3. The van der Waals surface area contributed by atoms with Gasteiger partial charge >= 0.3 is 0 Å². The molecule has 1 heterocycles. The van der Waals surface area contributed by atoms with Crippen molar-refractivity contribution < 1.29 is 14.3 Å². The van der Waals surface area contributed by atoms with E-state index in [0.29, 0.717) is 24.3 Å². The molecule has 3 aromatic carbocycles. The first-order valence-corrected chi connectivity index (χ1v) is 9.88. The van der Waals surface area contributed by atoms with Crippen LogP contribution in [0.25, 0.3) is 17.0 Å². The Kier molecular flexibility index (Phi) is 4.52. The summed E-state index contributed by atoms with van der Waals surface area (Å²) in [6.45, 7) is 1.17. The van der Waals surface area contributed by atoms with E-state index in [1.54, 1.807) is 30.3 Å². The smallest absolute Gasteiger partial charge is 0.197 e. The Morgan fingerprint density at radius 3 is 2.13 bits per heavy atom. The fourth-order valence-corrected chi connectivity index (χ4v) is 3.91. The molecule has 0 bridgehead atoms. The van der Waals surface area contributed by atoms with Gasteiger partial charge in [-0.2, -0.15) is 0 Å². The van der Waals surface area contributed by atoms with E-state index in [-0.39, 0.29) is 17.1 Å². The number of ketones is 2. The maximum atomic E-state index is 12.8. The van der Waals surface area contributed by atoms with Gasteiger partial charge in [0.2, 0.25) is 0 Å². The highest BCUT2D eigenvalue weighted by atomic mass is 16.5. The Morgan fingerprint density at radius 2 is 1.40 bits per heavy atom. The lowest BCUT2D eigenvalue weighted by molar-refractivity contribution is 0.0990. The van der Waals surface area contributed by atoms with E-state index in [9.17, 15) is 9.59 Å². The summed E-state index contributed by atoms with van der Waals surface area (Å²) in [5.41, 5.74) is 3.08. The summed E-state index contributed by atoms with van der Waals surface area (Å²) in [6.07, 6.45) is 3.71. The zero-order valence-electron chi connectivity index (χ0n) is 16.2. The molecule has 1 aliphatic carbocycles. The molecule has 4 nitrogen and oxygen atoms in total. The topological polar surface area (TPSA) is 48.3 Å². The van der Waals surface area contributed by atoms with E-state index in [1.807, 2.05) is 60.8 Å². The minimum absolute atomic E-state index is 0.208. The largest absolute Gasteiger partial charge is 0.492 e. The second kappa shape index (κ2) is 7.48. The van der Waals surface area contributed by atoms with Crippen molar-refractivity contribution in [1.29, 1.82) is 0 Å². The van der Waals surface area contributed by atoms with Crippen LogP contribution in [-0.2, 0) is 6.54 Å². The Hall–Kier alpha value is -3.92. The Bertz CT molecular complexity index is 1260. The molecule has 0 aliphatic heterocycles. The van der Waals surface area contributed by atoms with Gasteiger partial charge in [-0.15, -0.1) is 0 Å². The molecule has 0 saturated carbocycles. The summed E-state index contributed by atoms with van der Waals surface area (Å²) in [7, 11) is 0. The highest BCUT2D eigenvalue weighted by Gasteiger charge is 2.32. The predicted octanol–water partition coefficient (Wildman–Crippen LogP) is 5.18. The fraction of sp³-hybridized carbons (Fsp3) is 0.0769. The first-order valence-electron chi connectivity index (χ1n) is 9.88. The number of hydrogen-bond donors (Lipinski definition) is 0. The standard InChI is InChI=1S/C26H19NO3/c28-25-21-11-4-5-12-22(21)26(29)23(25)16-18-17-27(24-13-7-6-10-20(18)24)14-15-30-19-8-2-1-3-9-19/h1-13,16-17H,14-15H2. The monoisotopic (exact) mass is 393 g/mol. The van der Waals surface area contributed by atoms with E-state index in [0.717, 1.165) is 22.2 Å². The number of carbonyl (C=O) groups excluding carboxylic acids is 2. The van der Waals surface area contributed by atoms with Crippen molar-refractivity contribution in [2.75, 3.05) is 6.61 Å². The number of ether oxygens (including phenoxy) is 1. The molecule has 0 radical (unpaired) electrons. The van der Waals surface area contributed by atoms with Gasteiger partial charge in [0.15, 0.2) is 11.6 Å². The maximum Gasteiger partial charge on any atom is 0.197 e. The molecular weight excluding hydrogens is 374 g/mol. The Labute approximate surface area is 174 Å². The Balaban J connectivity index is 1.47. The number of Topliss-reactive ketones (excluding diaryl/α,β-unsaturated/α-hetero) is 2. The van der Waals surface area contributed by atoms with Crippen LogP contribution >= 0.6 is 0 Å². The van der Waals surface area contributed by atoms with Crippen LogP contribution in [0.4, 0.5) is 0 Å². The third-order valence-corrected chi connectivity index (χ3v) is 5.37. The molecule has 0 amide bonds. The number of para-hydroxylation sites is 2. The van der Waals surface area contributed by atoms with Gasteiger partial charge < -0.3 is 9.30 Å². The normalized spacial score (nSPS) is 13.0. The minimum atomic E-state index is -0.208. The summed E-state index contributed by atoms with van der Waals surface area (Å²) in [4.78, 5) is 25.5. The van der Waals surface area contributed by atoms with Crippen LogP contribution in [0, 0.1) is 0 Å². The number of allylic oxidation sites excluding steroid dienone is 1. The van der Waals surface area contributed by atoms with Crippen molar-refractivity contribution in [2.24, 2.45) is 0 Å². The van der Waals surface area contributed by atoms with E-state index in [1.165, 1.54) is 0 Å². The van der Waals surface area contributed by atoms with Gasteiger partial charge in [0.25, 0.3) is 0 Å². The predicted molar refractivity (Wildman–Crippen MR) is 117 cm³/mol. The first-order chi connectivity index (χ1) is 14.7. The SMILES string of the molecule is O=C1C(=Cc2cn(CCOc3ccccc3)c3ccccc23)C(=O)c2ccccc21. The van der Waals surface area contributed by atoms with Crippen molar-refractivity contribution in [2.45, 2.75) is 6.54 Å². The zero-order chi connectivity index (χ0) is 20.5. The fourth-order valence-electron chi connectivity index (χ4n) is 3.91. The van der Waals surface area contributed by atoms with Crippen LogP contribution in [0.3, 0.4) is 0 Å². The summed E-state index contributed by atoms with van der Waals surface area (Å²) < 4.78 is 7.93. The second-order valence-corrected chi connectivity index (χ2v) is 7.22. The molecule has 5 rings (SSSR count). The third kappa shape index (κ3) is 3.12. The molecule has 30 heavy (non-hydrogen) atoms. The highest BCUT2D eigenvalue weighted by Crippen LogP contribution is 2.30. The molecule has 0 fully saturated rings. The van der Waals surface area contributed by atoms with Gasteiger partial charge in [0.05, 0.1) is 12.1 Å². The van der Waals surface area contributed by atoms with E-state index < -0.39 is 0 Å². The van der Waals surface area contributed by atoms with Crippen molar-refractivity contribution in [3.8, 4) is 5.75 Å². The summed E-state index contributed by atoms with van der Waals surface area (Å²) in [5, 5.41) is 1.00. The van der Waals surface area contributed by atoms with Crippen LogP contribution in [0.1, 0.15) is 26.3 Å². The van der Waals surface area contributed by atoms with Crippen LogP contribution < -0.4 is 4.74 Å². The number of nitrogens with zero attached hydrogens (tertiary/aromatic N) is 1. The highest BCUT2D eigenvalue weighted by molar-refractivity contribution is 6.41. The molecule has 4 aromatic rings. The average molecular weight is 393 g/mol. The van der Waals surface area contributed by atoms with Crippen molar-refractivity contribution in [3.63, 3.8) is 0 Å². The number of hydrogen-bond acceptors (Lipinski definition) is 3. The number of rotatable bonds is 5. The average Bonchev–Trinajstić information content (AvgIpc) is 3.26. The zero-order valence-corrected chi connectivity index (χ0v) is 16.2. The van der Waals surface area contributed by atoms with Crippen molar-refractivity contribution in [3.05, 3.63) is 107 Å². The maximum absolute atomic E-state index is 12.8. The molecule has 146 valence electrons. The van der Waals surface area contributed by atoms with Gasteiger partial charge in [0.1, 0.15) is 12.4 Å². The molecule has 0 saturated heterocycles. The lowest BCUT2D eigenvalue weighted by Gasteiger charge is -2.08. The summed E-state index contributed by atoms with van der Waals surface area (Å²) >= 11 is 0. The van der Waals surface area contributed by atoms with Gasteiger partial charge in [-0.3, -0.25) is 9.59 Å². The number of benzene rings is 3. The van der Waals surface area contributed by atoms with Gasteiger partial charge in [0, 0.05) is 33.8 Å². The van der Waals surface area contributed by atoms with Gasteiger partial charge in [-0.1, -0.05) is 60.7 Å². The van der Waals surface area contributed by atoms with Crippen LogP contribution in [0.5, 0.6) is 5.75 Å². The minimum Gasteiger partial charge on any atom is -0.492 e. The molecule has 1 aromatic heterocycles. The van der Waals surface area contributed by atoms with Gasteiger partial charge in [-0.05, 0) is 24.3 Å². The molecule has 0 N–H and O–H groups in total. The number of carbonyl (C=O) groups is 2. The molecule has 1 aliphatic rings. The van der Waals surface area contributed by atoms with E-state index in [2.05, 4.69) is 4.57 Å². The second-order valence-electron chi connectivity index (χ2n) is 7.22. The van der Waals surface area contributed by atoms with Crippen molar-refractivity contribution in [1.82, 2.24) is 4.57 Å². The lowest BCUT2D eigenvalue weighted by Crippen LogP contribution is -2.07. The summed E-state index contributed by atoms with van der Waals surface area (Å²) in [5.74, 6) is 0.413. The Morgan fingerprint density at radius 1 is 0.767 bits per heavy atom. The summed E-state index contributed by atoms with van der Waals surface area (Å²) in [6, 6.07) is 24.7.